The lowest BCUT2D eigenvalue weighted by atomic mass is 10.1. The smallest absolute Gasteiger partial charge is 0.309 e. The Balaban J connectivity index is 1.33. The summed E-state index contributed by atoms with van der Waals surface area (Å²) in [5.41, 5.74) is 2.72. The molecule has 0 radical (unpaired) electrons. The van der Waals surface area contributed by atoms with E-state index in [2.05, 4.69) is 15.5 Å². The number of halogens is 1. The number of para-hydroxylation sites is 1. The maximum atomic E-state index is 13.9. The summed E-state index contributed by atoms with van der Waals surface area (Å²) in [6, 6.07) is 14.6. The minimum absolute atomic E-state index is 0.204. The van der Waals surface area contributed by atoms with E-state index < -0.39 is 11.8 Å². The molecule has 0 atom stereocenters. The summed E-state index contributed by atoms with van der Waals surface area (Å²) in [6.07, 6.45) is 0. The number of carbonyl (C=O) groups excluding carboxylic acids is 2. The Bertz CT molecular complexity index is 833. The van der Waals surface area contributed by atoms with Gasteiger partial charge < -0.3 is 15.5 Å². The molecule has 3 rings (SSSR count). The molecular weight excluding hydrogens is 371 g/mol. The summed E-state index contributed by atoms with van der Waals surface area (Å²) in [6.45, 7) is 6.39. The van der Waals surface area contributed by atoms with Crippen molar-refractivity contribution < 1.29 is 14.0 Å². The molecule has 2 amide bonds. The molecule has 7 heteroatoms. The molecule has 154 valence electrons. The van der Waals surface area contributed by atoms with E-state index in [4.69, 9.17) is 0 Å². The lowest BCUT2D eigenvalue weighted by Gasteiger charge is -2.36. The fourth-order valence-electron chi connectivity index (χ4n) is 3.30. The van der Waals surface area contributed by atoms with Crippen molar-refractivity contribution in [2.24, 2.45) is 0 Å². The predicted octanol–water partition coefficient (Wildman–Crippen LogP) is 1.69. The van der Waals surface area contributed by atoms with Crippen LogP contribution in [0.15, 0.2) is 48.5 Å². The third kappa shape index (κ3) is 6.02. The van der Waals surface area contributed by atoms with Crippen LogP contribution in [0, 0.1) is 12.7 Å². The second-order valence-electron chi connectivity index (χ2n) is 7.20. The molecule has 0 unspecified atom stereocenters. The first-order chi connectivity index (χ1) is 14.0. The zero-order chi connectivity index (χ0) is 20.6. The van der Waals surface area contributed by atoms with Gasteiger partial charge in [0.15, 0.2) is 0 Å². The first-order valence-corrected chi connectivity index (χ1v) is 9.86. The largest absolute Gasteiger partial charge is 0.367 e. The number of amides is 2. The van der Waals surface area contributed by atoms with Crippen LogP contribution in [0.4, 0.5) is 10.1 Å². The van der Waals surface area contributed by atoms with Gasteiger partial charge in [0.2, 0.25) is 0 Å². The first-order valence-electron chi connectivity index (χ1n) is 9.86. The zero-order valence-corrected chi connectivity index (χ0v) is 16.7. The normalized spacial score (nSPS) is 14.5. The highest BCUT2D eigenvalue weighted by Crippen LogP contribution is 2.19. The van der Waals surface area contributed by atoms with Crippen molar-refractivity contribution >= 4 is 17.5 Å². The molecule has 0 aliphatic carbocycles. The highest BCUT2D eigenvalue weighted by Gasteiger charge is 2.19. The molecule has 1 saturated heterocycles. The standard InChI is InChI=1S/C22H27FN4O2/c1-17-6-8-18(9-7-17)16-25-22(29)21(28)24-10-11-26-12-14-27(15-13-26)20-5-3-2-4-19(20)23/h2-9H,10-16H2,1H3,(H,24,28)(H,25,29). The Morgan fingerprint density at radius 1 is 0.931 bits per heavy atom. The van der Waals surface area contributed by atoms with Crippen LogP contribution < -0.4 is 15.5 Å². The Kier molecular flexibility index (Phi) is 7.19. The van der Waals surface area contributed by atoms with E-state index in [1.165, 1.54) is 6.07 Å². The summed E-state index contributed by atoms with van der Waals surface area (Å²) < 4.78 is 13.9. The van der Waals surface area contributed by atoms with Gasteiger partial charge in [-0.15, -0.1) is 0 Å². The average molecular weight is 398 g/mol. The van der Waals surface area contributed by atoms with Crippen molar-refractivity contribution in [3.8, 4) is 0 Å². The number of rotatable bonds is 6. The molecule has 2 N–H and O–H groups in total. The van der Waals surface area contributed by atoms with Gasteiger partial charge in [-0.25, -0.2) is 4.39 Å². The molecule has 0 spiro atoms. The first kappa shape index (κ1) is 20.8. The summed E-state index contributed by atoms with van der Waals surface area (Å²) in [4.78, 5) is 28.1. The summed E-state index contributed by atoms with van der Waals surface area (Å²) in [5, 5.41) is 5.29. The number of anilines is 1. The Morgan fingerprint density at radius 3 is 2.28 bits per heavy atom. The lowest BCUT2D eigenvalue weighted by Crippen LogP contribution is -2.49. The molecule has 2 aromatic carbocycles. The molecule has 2 aromatic rings. The van der Waals surface area contributed by atoms with Gasteiger partial charge >= 0.3 is 11.8 Å². The summed E-state index contributed by atoms with van der Waals surface area (Å²) in [7, 11) is 0. The Morgan fingerprint density at radius 2 is 1.59 bits per heavy atom. The van der Waals surface area contributed by atoms with Crippen molar-refractivity contribution in [3.63, 3.8) is 0 Å². The number of hydrogen-bond donors (Lipinski definition) is 2. The van der Waals surface area contributed by atoms with Crippen LogP contribution in [-0.2, 0) is 16.1 Å². The quantitative estimate of drug-likeness (QED) is 0.727. The fraction of sp³-hybridized carbons (Fsp3) is 0.364. The van der Waals surface area contributed by atoms with Crippen LogP contribution in [-0.4, -0.2) is 56.0 Å². The monoisotopic (exact) mass is 398 g/mol. The molecule has 6 nitrogen and oxygen atoms in total. The Hall–Kier alpha value is -2.93. The molecule has 1 aliphatic rings. The highest BCUT2D eigenvalue weighted by molar-refractivity contribution is 6.35. The highest BCUT2D eigenvalue weighted by atomic mass is 19.1. The number of piperazine rings is 1. The van der Waals surface area contributed by atoms with Crippen LogP contribution in [0.3, 0.4) is 0 Å². The van der Waals surface area contributed by atoms with E-state index in [0.29, 0.717) is 25.3 Å². The van der Waals surface area contributed by atoms with E-state index in [1.807, 2.05) is 42.2 Å². The molecule has 29 heavy (non-hydrogen) atoms. The van der Waals surface area contributed by atoms with Crippen LogP contribution in [0.25, 0.3) is 0 Å². The molecule has 1 aliphatic heterocycles. The van der Waals surface area contributed by atoms with Crippen molar-refractivity contribution in [3.05, 3.63) is 65.5 Å². The van der Waals surface area contributed by atoms with Gasteiger partial charge in [-0.2, -0.15) is 0 Å². The van der Waals surface area contributed by atoms with Gasteiger partial charge in [0.1, 0.15) is 5.82 Å². The number of aryl methyl sites for hydroxylation is 1. The second-order valence-corrected chi connectivity index (χ2v) is 7.20. The average Bonchev–Trinajstić information content (AvgIpc) is 2.74. The molecule has 0 saturated carbocycles. The van der Waals surface area contributed by atoms with Crippen LogP contribution >= 0.6 is 0 Å². The summed E-state index contributed by atoms with van der Waals surface area (Å²) >= 11 is 0. The number of nitrogens with zero attached hydrogens (tertiary/aromatic N) is 2. The fourth-order valence-corrected chi connectivity index (χ4v) is 3.30. The lowest BCUT2D eigenvalue weighted by molar-refractivity contribution is -0.139. The molecule has 1 fully saturated rings. The summed E-state index contributed by atoms with van der Waals surface area (Å²) in [5.74, 6) is -1.46. The van der Waals surface area contributed by atoms with E-state index >= 15 is 0 Å². The minimum Gasteiger partial charge on any atom is -0.367 e. The van der Waals surface area contributed by atoms with Crippen molar-refractivity contribution in [1.82, 2.24) is 15.5 Å². The van der Waals surface area contributed by atoms with Crippen molar-refractivity contribution in [2.75, 3.05) is 44.2 Å². The van der Waals surface area contributed by atoms with Crippen molar-refractivity contribution in [1.29, 1.82) is 0 Å². The topological polar surface area (TPSA) is 64.7 Å². The number of nitrogens with one attached hydrogen (secondary N) is 2. The molecule has 0 bridgehead atoms. The van der Waals surface area contributed by atoms with Crippen molar-refractivity contribution in [2.45, 2.75) is 13.5 Å². The van der Waals surface area contributed by atoms with Gasteiger partial charge in [-0.1, -0.05) is 42.0 Å². The van der Waals surface area contributed by atoms with Gasteiger partial charge in [0, 0.05) is 45.8 Å². The second kappa shape index (κ2) is 10.0. The maximum Gasteiger partial charge on any atom is 0.309 e. The van der Waals surface area contributed by atoms with Crippen LogP contribution in [0.1, 0.15) is 11.1 Å². The van der Waals surface area contributed by atoms with E-state index in [1.54, 1.807) is 12.1 Å². The van der Waals surface area contributed by atoms with Gasteiger partial charge in [0.25, 0.3) is 0 Å². The molecule has 1 heterocycles. The van der Waals surface area contributed by atoms with Gasteiger partial charge in [-0.3, -0.25) is 14.5 Å². The van der Waals surface area contributed by atoms with Crippen LogP contribution in [0.2, 0.25) is 0 Å². The Labute approximate surface area is 170 Å². The predicted molar refractivity (Wildman–Crippen MR) is 111 cm³/mol. The third-order valence-electron chi connectivity index (χ3n) is 5.06. The molecular formula is C22H27FN4O2. The van der Waals surface area contributed by atoms with Gasteiger partial charge in [-0.05, 0) is 24.6 Å². The van der Waals surface area contributed by atoms with Gasteiger partial charge in [0.05, 0.1) is 5.69 Å². The van der Waals surface area contributed by atoms with E-state index in [0.717, 1.165) is 37.3 Å². The maximum absolute atomic E-state index is 13.9. The van der Waals surface area contributed by atoms with E-state index in [9.17, 15) is 14.0 Å². The van der Waals surface area contributed by atoms with Crippen LogP contribution in [0.5, 0.6) is 0 Å². The third-order valence-corrected chi connectivity index (χ3v) is 5.06. The number of hydrogen-bond acceptors (Lipinski definition) is 4. The number of benzene rings is 2. The van der Waals surface area contributed by atoms with E-state index in [-0.39, 0.29) is 5.82 Å². The zero-order valence-electron chi connectivity index (χ0n) is 16.7. The molecule has 0 aromatic heterocycles. The number of carbonyl (C=O) groups is 2. The SMILES string of the molecule is Cc1ccc(CNC(=O)C(=O)NCCN2CCN(c3ccccc3F)CC2)cc1. The minimum atomic E-state index is -0.630.